The lowest BCUT2D eigenvalue weighted by atomic mass is 10.3. The molecule has 1 N–H and O–H groups in total. The summed E-state index contributed by atoms with van der Waals surface area (Å²) in [5, 5.41) is 6.62. The predicted molar refractivity (Wildman–Crippen MR) is 47.1 cm³/mol. The highest BCUT2D eigenvalue weighted by molar-refractivity contribution is 5.82. The highest BCUT2D eigenvalue weighted by atomic mass is 15.2. The molecular weight excluding hydrogens is 138 g/mol. The first-order valence-electron chi connectivity index (χ1n) is 3.41. The molecule has 0 radical (unpaired) electrons. The summed E-state index contributed by atoms with van der Waals surface area (Å²) in [7, 11) is 0. The zero-order valence-corrected chi connectivity index (χ0v) is 6.76. The third-order valence-corrected chi connectivity index (χ3v) is 1.20. The van der Waals surface area contributed by atoms with Gasteiger partial charge >= 0.3 is 0 Å². The molecule has 0 saturated carbocycles. The van der Waals surface area contributed by atoms with Crippen molar-refractivity contribution in [3.05, 3.63) is 18.3 Å². The van der Waals surface area contributed by atoms with Gasteiger partial charge in [0.05, 0.1) is 6.20 Å². The number of hydrogen-bond acceptors (Lipinski definition) is 2. The second kappa shape index (κ2) is 3.14. The summed E-state index contributed by atoms with van der Waals surface area (Å²) in [5.41, 5.74) is 1.93. The number of nitrogens with one attached hydrogen (secondary N) is 1. The van der Waals surface area contributed by atoms with Crippen molar-refractivity contribution < 1.29 is 0 Å². The van der Waals surface area contributed by atoms with Gasteiger partial charge in [0.1, 0.15) is 0 Å². The van der Waals surface area contributed by atoms with E-state index < -0.39 is 0 Å². The first kappa shape index (κ1) is 7.72. The van der Waals surface area contributed by atoms with Crippen LogP contribution < -0.4 is 0 Å². The maximum Gasteiger partial charge on any atom is 0.154 e. The van der Waals surface area contributed by atoms with Crippen molar-refractivity contribution in [2.24, 2.45) is 4.99 Å². The molecule has 0 unspecified atom stereocenters. The molecule has 0 atom stereocenters. The van der Waals surface area contributed by atoms with Gasteiger partial charge in [-0.05, 0) is 13.8 Å². The van der Waals surface area contributed by atoms with Gasteiger partial charge in [0, 0.05) is 11.3 Å². The third-order valence-electron chi connectivity index (χ3n) is 1.20. The van der Waals surface area contributed by atoms with Crippen LogP contribution in [-0.2, 0) is 0 Å². The Morgan fingerprint density at radius 3 is 3.00 bits per heavy atom. The fourth-order valence-electron chi connectivity index (χ4n) is 0.751. The smallest absolute Gasteiger partial charge is 0.154 e. The summed E-state index contributed by atoms with van der Waals surface area (Å²) < 4.78 is 0. The molecule has 3 heteroatoms. The molecule has 0 amide bonds. The molecule has 0 saturated heterocycles. The lowest BCUT2D eigenvalue weighted by molar-refractivity contribution is 1.08. The standard InChI is InChI=1S/C8H11N3/c1-4-7-5-9-11-8(7)10-6(2)3/h4-5H,1H2,2-3H3,(H,9,11). The molecule has 0 bridgehead atoms. The first-order valence-corrected chi connectivity index (χ1v) is 3.41. The van der Waals surface area contributed by atoms with E-state index in [-0.39, 0.29) is 0 Å². The van der Waals surface area contributed by atoms with E-state index in [2.05, 4.69) is 21.8 Å². The Hall–Kier alpha value is -1.38. The van der Waals surface area contributed by atoms with E-state index in [0.717, 1.165) is 17.1 Å². The van der Waals surface area contributed by atoms with Gasteiger partial charge in [0.25, 0.3) is 0 Å². The Bertz CT molecular complexity index is 279. The number of nitrogens with zero attached hydrogens (tertiary/aromatic N) is 2. The molecule has 0 aliphatic heterocycles. The monoisotopic (exact) mass is 149 g/mol. The van der Waals surface area contributed by atoms with E-state index in [1.54, 1.807) is 12.3 Å². The lowest BCUT2D eigenvalue weighted by Crippen LogP contribution is -1.79. The van der Waals surface area contributed by atoms with Gasteiger partial charge in [0.2, 0.25) is 0 Å². The lowest BCUT2D eigenvalue weighted by Gasteiger charge is -1.90. The van der Waals surface area contributed by atoms with Crippen LogP contribution in [0.3, 0.4) is 0 Å². The molecule has 1 heterocycles. The average molecular weight is 149 g/mol. The van der Waals surface area contributed by atoms with E-state index in [9.17, 15) is 0 Å². The van der Waals surface area contributed by atoms with Gasteiger partial charge in [-0.3, -0.25) is 5.10 Å². The van der Waals surface area contributed by atoms with Crippen LogP contribution in [0, 0.1) is 0 Å². The molecule has 58 valence electrons. The topological polar surface area (TPSA) is 41.0 Å². The van der Waals surface area contributed by atoms with E-state index in [4.69, 9.17) is 0 Å². The summed E-state index contributed by atoms with van der Waals surface area (Å²) in [5.74, 6) is 0.778. The van der Waals surface area contributed by atoms with Crippen molar-refractivity contribution >= 4 is 17.6 Å². The van der Waals surface area contributed by atoms with E-state index in [1.807, 2.05) is 13.8 Å². The summed E-state index contributed by atoms with van der Waals surface area (Å²) in [4.78, 5) is 4.22. The maximum absolute atomic E-state index is 4.22. The normalized spacial score (nSPS) is 9.27. The molecule has 0 aromatic carbocycles. The zero-order valence-electron chi connectivity index (χ0n) is 6.76. The SMILES string of the molecule is C=Cc1cn[nH]c1N=C(C)C. The molecule has 0 fully saturated rings. The van der Waals surface area contributed by atoms with Crippen LogP contribution in [0.4, 0.5) is 5.82 Å². The van der Waals surface area contributed by atoms with E-state index >= 15 is 0 Å². The van der Waals surface area contributed by atoms with Gasteiger partial charge < -0.3 is 0 Å². The Morgan fingerprint density at radius 2 is 2.45 bits per heavy atom. The van der Waals surface area contributed by atoms with Crippen molar-refractivity contribution in [2.75, 3.05) is 0 Å². The van der Waals surface area contributed by atoms with Crippen molar-refractivity contribution in [3.8, 4) is 0 Å². The maximum atomic E-state index is 4.22. The molecule has 11 heavy (non-hydrogen) atoms. The van der Waals surface area contributed by atoms with Gasteiger partial charge in [-0.2, -0.15) is 5.10 Å². The quantitative estimate of drug-likeness (QED) is 0.643. The van der Waals surface area contributed by atoms with Crippen LogP contribution in [0.5, 0.6) is 0 Å². The molecule has 1 rings (SSSR count). The Morgan fingerprint density at radius 1 is 1.73 bits per heavy atom. The second-order valence-electron chi connectivity index (χ2n) is 2.44. The van der Waals surface area contributed by atoms with Gasteiger partial charge in [0.15, 0.2) is 5.82 Å². The van der Waals surface area contributed by atoms with Gasteiger partial charge in [-0.25, -0.2) is 4.99 Å². The second-order valence-corrected chi connectivity index (χ2v) is 2.44. The van der Waals surface area contributed by atoms with Crippen molar-refractivity contribution in [1.29, 1.82) is 0 Å². The summed E-state index contributed by atoms with van der Waals surface area (Å²) in [6.07, 6.45) is 3.43. The Kier molecular flexibility index (Phi) is 2.21. The number of hydrogen-bond donors (Lipinski definition) is 1. The van der Waals surface area contributed by atoms with Crippen LogP contribution in [0.2, 0.25) is 0 Å². The highest BCUT2D eigenvalue weighted by Gasteiger charge is 1.97. The van der Waals surface area contributed by atoms with E-state index in [0.29, 0.717) is 0 Å². The molecule has 0 spiro atoms. The molecular formula is C8H11N3. The van der Waals surface area contributed by atoms with Crippen molar-refractivity contribution in [1.82, 2.24) is 10.2 Å². The van der Waals surface area contributed by atoms with Crippen LogP contribution >= 0.6 is 0 Å². The molecule has 3 nitrogen and oxygen atoms in total. The third kappa shape index (κ3) is 1.77. The minimum atomic E-state index is 0.778. The molecule has 1 aromatic rings. The largest absolute Gasteiger partial charge is 0.261 e. The number of aromatic amines is 1. The molecule has 1 aromatic heterocycles. The van der Waals surface area contributed by atoms with E-state index in [1.165, 1.54) is 0 Å². The zero-order chi connectivity index (χ0) is 8.27. The summed E-state index contributed by atoms with van der Waals surface area (Å²) in [6, 6.07) is 0. The fourth-order valence-corrected chi connectivity index (χ4v) is 0.751. The number of rotatable bonds is 2. The minimum Gasteiger partial charge on any atom is -0.261 e. The molecule has 0 aliphatic rings. The van der Waals surface area contributed by atoms with Crippen LogP contribution in [0.25, 0.3) is 6.08 Å². The van der Waals surface area contributed by atoms with Crippen LogP contribution in [-0.4, -0.2) is 15.9 Å². The number of aromatic nitrogens is 2. The summed E-state index contributed by atoms with van der Waals surface area (Å²) in [6.45, 7) is 7.52. The van der Waals surface area contributed by atoms with Crippen molar-refractivity contribution in [2.45, 2.75) is 13.8 Å². The van der Waals surface area contributed by atoms with Gasteiger partial charge in [-0.15, -0.1) is 0 Å². The molecule has 0 aliphatic carbocycles. The Labute approximate surface area is 65.9 Å². The van der Waals surface area contributed by atoms with Crippen LogP contribution in [0.1, 0.15) is 19.4 Å². The van der Waals surface area contributed by atoms with Gasteiger partial charge in [-0.1, -0.05) is 12.7 Å². The number of H-pyrrole nitrogens is 1. The van der Waals surface area contributed by atoms with Crippen LogP contribution in [0.15, 0.2) is 17.8 Å². The highest BCUT2D eigenvalue weighted by Crippen LogP contribution is 2.15. The van der Waals surface area contributed by atoms with Crippen molar-refractivity contribution in [3.63, 3.8) is 0 Å². The number of aliphatic imine (C=N–C) groups is 1. The minimum absolute atomic E-state index is 0.778. The first-order chi connectivity index (χ1) is 5.24. The summed E-state index contributed by atoms with van der Waals surface area (Å²) >= 11 is 0. The average Bonchev–Trinajstić information content (AvgIpc) is 2.34. The fraction of sp³-hybridized carbons (Fsp3) is 0.250. The Balaban J connectivity index is 3.03. The predicted octanol–water partition coefficient (Wildman–Crippen LogP) is 2.17.